The number of rotatable bonds is 53. The summed E-state index contributed by atoms with van der Waals surface area (Å²) in [5, 5.41) is 0. The van der Waals surface area contributed by atoms with Crippen molar-refractivity contribution in [3.8, 4) is 0 Å². The van der Waals surface area contributed by atoms with Crippen LogP contribution in [-0.2, 0) is 28.6 Å². The minimum Gasteiger partial charge on any atom is -0.462 e. The molecule has 0 spiro atoms. The normalized spacial score (nSPS) is 13.2. The molecule has 0 amide bonds. The van der Waals surface area contributed by atoms with E-state index in [2.05, 4.69) is 179 Å². The monoisotopic (exact) mass is 1050 g/mol. The van der Waals surface area contributed by atoms with Crippen molar-refractivity contribution in [2.24, 2.45) is 0 Å². The molecule has 76 heavy (non-hydrogen) atoms. The van der Waals surface area contributed by atoms with E-state index < -0.39 is 6.10 Å². The molecule has 0 aliphatic heterocycles. The zero-order valence-electron chi connectivity index (χ0n) is 48.7. The van der Waals surface area contributed by atoms with Crippen LogP contribution in [0.25, 0.3) is 0 Å². The van der Waals surface area contributed by atoms with Crippen LogP contribution < -0.4 is 0 Å². The molecule has 0 aromatic carbocycles. The summed E-state index contributed by atoms with van der Waals surface area (Å²) < 4.78 is 16.8. The lowest BCUT2D eigenvalue weighted by molar-refractivity contribution is -0.167. The molecule has 6 heteroatoms. The summed E-state index contributed by atoms with van der Waals surface area (Å²) >= 11 is 0. The number of carbonyl (C=O) groups is 3. The molecule has 0 saturated heterocycles. The first-order valence-electron chi connectivity index (χ1n) is 30.5. The van der Waals surface area contributed by atoms with Crippen molar-refractivity contribution < 1.29 is 28.6 Å². The predicted octanol–water partition coefficient (Wildman–Crippen LogP) is 20.9. The molecule has 0 rings (SSSR count). The molecule has 0 N–H and O–H groups in total. The maximum Gasteiger partial charge on any atom is 0.306 e. The zero-order chi connectivity index (χ0) is 55.0. The number of esters is 3. The van der Waals surface area contributed by atoms with Gasteiger partial charge in [0.1, 0.15) is 13.2 Å². The summed E-state index contributed by atoms with van der Waals surface area (Å²) in [6, 6.07) is 0. The van der Waals surface area contributed by atoms with Gasteiger partial charge in [0.15, 0.2) is 6.10 Å². The van der Waals surface area contributed by atoms with Crippen molar-refractivity contribution in [3.63, 3.8) is 0 Å². The van der Waals surface area contributed by atoms with Gasteiger partial charge in [-0.2, -0.15) is 0 Å². The smallest absolute Gasteiger partial charge is 0.306 e. The van der Waals surface area contributed by atoms with E-state index in [9.17, 15) is 14.4 Å². The van der Waals surface area contributed by atoms with Crippen molar-refractivity contribution >= 4 is 17.9 Å². The highest BCUT2D eigenvalue weighted by atomic mass is 16.6. The van der Waals surface area contributed by atoms with Crippen LogP contribution in [0.2, 0.25) is 0 Å². The third kappa shape index (κ3) is 59.9. The fraction of sp³-hybridized carbons (Fsp3) is 0.586. The first-order chi connectivity index (χ1) is 37.5. The van der Waals surface area contributed by atoms with Gasteiger partial charge in [-0.15, -0.1) is 0 Å². The molecule has 1 atom stereocenters. The van der Waals surface area contributed by atoms with Gasteiger partial charge in [-0.05, 0) is 141 Å². The number of ether oxygens (including phenoxy) is 3. The van der Waals surface area contributed by atoms with Crippen LogP contribution in [0.1, 0.15) is 245 Å². The lowest BCUT2D eigenvalue weighted by Gasteiger charge is -2.18. The highest BCUT2D eigenvalue weighted by molar-refractivity contribution is 5.71. The van der Waals surface area contributed by atoms with Gasteiger partial charge in [-0.3, -0.25) is 14.4 Å². The summed E-state index contributed by atoms with van der Waals surface area (Å²) in [5.41, 5.74) is 0. The van der Waals surface area contributed by atoms with Crippen LogP contribution in [0, 0.1) is 0 Å². The average Bonchev–Trinajstić information content (AvgIpc) is 3.42. The number of allylic oxidation sites excluding steroid dienone is 26. The van der Waals surface area contributed by atoms with Crippen LogP contribution in [0.3, 0.4) is 0 Å². The molecule has 1 unspecified atom stereocenters. The zero-order valence-corrected chi connectivity index (χ0v) is 48.7. The van der Waals surface area contributed by atoms with E-state index in [1.165, 1.54) is 51.4 Å². The summed E-state index contributed by atoms with van der Waals surface area (Å²) in [7, 11) is 0. The van der Waals surface area contributed by atoms with Gasteiger partial charge in [0.05, 0.1) is 0 Å². The third-order valence-electron chi connectivity index (χ3n) is 12.2. The standard InChI is InChI=1S/C70H110O6/c1-4-7-10-13-16-19-22-25-27-29-30-31-32-33-34-35-36-37-38-39-40-42-43-45-48-51-54-57-60-63-69(72)75-66-67(65-74-68(71)62-59-56-53-50-47-24-21-18-15-12-9-6-3)76-70(73)64-61-58-55-52-49-46-44-41-28-26-23-20-17-14-11-8-5-2/h7-8,10-11,16-21,25-28,30-31,33-34,36-37,39-40,43,45,51,54,67H,4-6,9,12-15,22-24,29,32,35,38,41-42,44,46-50,52-53,55-66H2,1-3H3/b10-7-,11-8-,19-16-,20-17-,21-18-,27-25-,28-26-,31-30-,34-33-,37-36-,40-39-,45-43-,54-51-. The molecule has 0 aliphatic carbocycles. The number of hydrogen-bond acceptors (Lipinski definition) is 6. The third-order valence-corrected chi connectivity index (χ3v) is 12.2. The van der Waals surface area contributed by atoms with Crippen molar-refractivity contribution in [3.05, 3.63) is 158 Å². The fourth-order valence-electron chi connectivity index (χ4n) is 7.75. The fourth-order valence-corrected chi connectivity index (χ4v) is 7.75. The Labute approximate surface area is 467 Å². The minimum absolute atomic E-state index is 0.111. The molecule has 0 radical (unpaired) electrons. The van der Waals surface area contributed by atoms with Gasteiger partial charge in [-0.25, -0.2) is 0 Å². The molecule has 0 aromatic heterocycles. The van der Waals surface area contributed by atoms with E-state index in [4.69, 9.17) is 14.2 Å². The molecule has 0 fully saturated rings. The Morgan fingerprint density at radius 1 is 0.276 bits per heavy atom. The Kier molecular flexibility index (Phi) is 58.5. The van der Waals surface area contributed by atoms with E-state index in [0.717, 1.165) is 148 Å². The highest BCUT2D eigenvalue weighted by Crippen LogP contribution is 2.13. The van der Waals surface area contributed by atoms with Gasteiger partial charge in [0, 0.05) is 19.3 Å². The second kappa shape index (κ2) is 62.6. The molecule has 0 bridgehead atoms. The maximum absolute atomic E-state index is 12.9. The molecule has 426 valence electrons. The first-order valence-corrected chi connectivity index (χ1v) is 30.5. The van der Waals surface area contributed by atoms with Crippen LogP contribution in [0.15, 0.2) is 158 Å². The van der Waals surface area contributed by atoms with Gasteiger partial charge in [0.2, 0.25) is 0 Å². The van der Waals surface area contributed by atoms with Crippen LogP contribution in [0.5, 0.6) is 0 Å². The lowest BCUT2D eigenvalue weighted by Crippen LogP contribution is -2.30. The summed E-state index contributed by atoms with van der Waals surface area (Å²) in [6.07, 6.45) is 91.0. The predicted molar refractivity (Wildman–Crippen MR) is 329 cm³/mol. The second-order valence-electron chi connectivity index (χ2n) is 19.5. The minimum atomic E-state index is -0.818. The largest absolute Gasteiger partial charge is 0.462 e. The van der Waals surface area contributed by atoms with Gasteiger partial charge in [-0.1, -0.05) is 243 Å². The Bertz CT molecular complexity index is 1720. The SMILES string of the molecule is CC/C=C\C/C=C\C/C=C\C/C=C\C/C=C\C/C=C\C/C=C\C/C=C\C/C=C\CCCC(=O)OCC(COC(=O)CCCCCCC/C=C\CCCCC)OC(=O)CCCCCCCCC/C=C\C/C=C\C/C=C\CC. The van der Waals surface area contributed by atoms with E-state index in [1.807, 2.05) is 0 Å². The van der Waals surface area contributed by atoms with Gasteiger partial charge >= 0.3 is 17.9 Å². The maximum atomic E-state index is 12.9. The summed E-state index contributed by atoms with van der Waals surface area (Å²) in [4.78, 5) is 38.2. The van der Waals surface area contributed by atoms with Crippen LogP contribution in [-0.4, -0.2) is 37.2 Å². The Hall–Kier alpha value is -4.97. The number of unbranched alkanes of at least 4 members (excludes halogenated alkanes) is 16. The second-order valence-corrected chi connectivity index (χ2v) is 19.5. The molecular weight excluding hydrogens is 937 g/mol. The highest BCUT2D eigenvalue weighted by Gasteiger charge is 2.19. The summed E-state index contributed by atoms with van der Waals surface area (Å²) in [5.74, 6) is -0.998. The Morgan fingerprint density at radius 2 is 0.526 bits per heavy atom. The van der Waals surface area contributed by atoms with E-state index in [1.54, 1.807) is 0 Å². The van der Waals surface area contributed by atoms with Crippen LogP contribution in [0.4, 0.5) is 0 Å². The first kappa shape index (κ1) is 71.0. The molecule has 0 aromatic rings. The van der Waals surface area contributed by atoms with E-state index >= 15 is 0 Å². The molecule has 0 saturated carbocycles. The van der Waals surface area contributed by atoms with Crippen molar-refractivity contribution in [2.75, 3.05) is 13.2 Å². The molecule has 0 aliphatic rings. The average molecular weight is 1050 g/mol. The number of carbonyl (C=O) groups excluding carboxylic acids is 3. The number of hydrogen-bond donors (Lipinski definition) is 0. The Morgan fingerprint density at radius 3 is 0.868 bits per heavy atom. The summed E-state index contributed by atoms with van der Waals surface area (Å²) in [6.45, 7) is 6.31. The van der Waals surface area contributed by atoms with E-state index in [-0.39, 0.29) is 37.5 Å². The lowest BCUT2D eigenvalue weighted by atomic mass is 10.1. The molecular formula is C70H110O6. The van der Waals surface area contributed by atoms with Crippen molar-refractivity contribution in [1.29, 1.82) is 0 Å². The molecule has 6 nitrogen and oxygen atoms in total. The quantitative estimate of drug-likeness (QED) is 0.0261. The molecule has 0 heterocycles. The van der Waals surface area contributed by atoms with E-state index in [0.29, 0.717) is 19.3 Å². The van der Waals surface area contributed by atoms with Gasteiger partial charge < -0.3 is 14.2 Å². The van der Waals surface area contributed by atoms with Crippen LogP contribution >= 0.6 is 0 Å². The van der Waals surface area contributed by atoms with Crippen molar-refractivity contribution in [2.45, 2.75) is 252 Å². The topological polar surface area (TPSA) is 78.9 Å². The Balaban J connectivity index is 4.46. The van der Waals surface area contributed by atoms with Crippen molar-refractivity contribution in [1.82, 2.24) is 0 Å². The van der Waals surface area contributed by atoms with Gasteiger partial charge in [0.25, 0.3) is 0 Å².